The summed E-state index contributed by atoms with van der Waals surface area (Å²) in [4.78, 5) is 11.5. The van der Waals surface area contributed by atoms with Gasteiger partial charge < -0.3 is 19.0 Å². The van der Waals surface area contributed by atoms with Gasteiger partial charge in [0.05, 0.1) is 0 Å². The SMILES string of the molecule is O=c1cc2oc3c(ccc4ccc(O)oc43)c2cc1O. The van der Waals surface area contributed by atoms with Crippen LogP contribution in [0.15, 0.2) is 50.0 Å². The monoisotopic (exact) mass is 268 g/mol. The van der Waals surface area contributed by atoms with Crippen molar-refractivity contribution in [2.75, 3.05) is 0 Å². The average Bonchev–Trinajstić information content (AvgIpc) is 2.77. The van der Waals surface area contributed by atoms with Crippen molar-refractivity contribution in [2.24, 2.45) is 0 Å². The van der Waals surface area contributed by atoms with Gasteiger partial charge in [0.15, 0.2) is 16.9 Å². The van der Waals surface area contributed by atoms with Crippen molar-refractivity contribution >= 4 is 32.9 Å². The van der Waals surface area contributed by atoms with Gasteiger partial charge in [0, 0.05) is 28.3 Å². The fourth-order valence-corrected chi connectivity index (χ4v) is 2.38. The van der Waals surface area contributed by atoms with Gasteiger partial charge in [-0.3, -0.25) is 4.79 Å². The van der Waals surface area contributed by atoms with Crippen LogP contribution in [0.5, 0.6) is 11.7 Å². The number of benzene rings is 2. The summed E-state index contributed by atoms with van der Waals surface area (Å²) in [6, 6.07) is 9.39. The summed E-state index contributed by atoms with van der Waals surface area (Å²) >= 11 is 0. The minimum absolute atomic E-state index is 0.224. The molecular formula is C15H8O5. The molecule has 0 saturated carbocycles. The van der Waals surface area contributed by atoms with Crippen molar-refractivity contribution in [3.63, 3.8) is 0 Å². The van der Waals surface area contributed by atoms with Crippen LogP contribution in [-0.2, 0) is 0 Å². The molecule has 98 valence electrons. The third-order valence-electron chi connectivity index (χ3n) is 3.32. The number of phenolic OH excluding ortho intramolecular Hbond substituents is 1. The van der Waals surface area contributed by atoms with Crippen LogP contribution in [-0.4, -0.2) is 10.2 Å². The molecule has 0 radical (unpaired) electrons. The second-order valence-corrected chi connectivity index (χ2v) is 4.55. The summed E-state index contributed by atoms with van der Waals surface area (Å²) in [6.07, 6.45) is 0. The summed E-state index contributed by atoms with van der Waals surface area (Å²) in [5, 5.41) is 21.1. The molecule has 0 saturated heterocycles. The Balaban J connectivity index is 2.28. The first-order valence-corrected chi connectivity index (χ1v) is 5.94. The molecule has 0 bridgehead atoms. The molecule has 0 aliphatic rings. The van der Waals surface area contributed by atoms with Crippen molar-refractivity contribution in [2.45, 2.75) is 0 Å². The zero-order valence-corrected chi connectivity index (χ0v) is 10.1. The van der Waals surface area contributed by atoms with Crippen LogP contribution in [0.4, 0.5) is 0 Å². The summed E-state index contributed by atoms with van der Waals surface area (Å²) in [7, 11) is 0. The number of phenols is 1. The predicted octanol–water partition coefficient (Wildman–Crippen LogP) is 3.10. The molecule has 0 spiro atoms. The van der Waals surface area contributed by atoms with E-state index in [1.807, 2.05) is 12.1 Å². The zero-order valence-electron chi connectivity index (χ0n) is 10.1. The van der Waals surface area contributed by atoms with Gasteiger partial charge in [-0.25, -0.2) is 0 Å². The molecule has 0 amide bonds. The highest BCUT2D eigenvalue weighted by atomic mass is 16.5. The number of hydrogen-bond donors (Lipinski definition) is 2. The van der Waals surface area contributed by atoms with Crippen molar-refractivity contribution in [3.05, 3.63) is 46.6 Å². The zero-order chi connectivity index (χ0) is 13.9. The van der Waals surface area contributed by atoms with Gasteiger partial charge in [0.25, 0.3) is 5.95 Å². The van der Waals surface area contributed by atoms with Gasteiger partial charge in [-0.1, -0.05) is 6.07 Å². The normalized spacial score (nSPS) is 11.6. The Hall–Kier alpha value is -2.95. The largest absolute Gasteiger partial charge is 0.504 e. The van der Waals surface area contributed by atoms with Crippen molar-refractivity contribution < 1.29 is 19.0 Å². The summed E-state index contributed by atoms with van der Waals surface area (Å²) in [5.41, 5.74) is 0.693. The van der Waals surface area contributed by atoms with Crippen LogP contribution in [0, 0.1) is 0 Å². The molecule has 4 rings (SSSR count). The number of aromatic hydroxyl groups is 2. The van der Waals surface area contributed by atoms with Crippen LogP contribution in [0.1, 0.15) is 0 Å². The Bertz CT molecular complexity index is 1040. The van der Waals surface area contributed by atoms with Crippen molar-refractivity contribution in [1.82, 2.24) is 0 Å². The highest BCUT2D eigenvalue weighted by Gasteiger charge is 2.14. The smallest absolute Gasteiger partial charge is 0.282 e. The Labute approximate surface area is 111 Å². The maximum atomic E-state index is 11.5. The minimum atomic E-state index is -0.499. The second kappa shape index (κ2) is 3.54. The third-order valence-corrected chi connectivity index (χ3v) is 3.32. The third kappa shape index (κ3) is 1.34. The second-order valence-electron chi connectivity index (χ2n) is 4.55. The van der Waals surface area contributed by atoms with E-state index in [1.165, 1.54) is 18.2 Å². The Morgan fingerprint density at radius 1 is 0.850 bits per heavy atom. The van der Waals surface area contributed by atoms with E-state index in [1.54, 1.807) is 6.07 Å². The highest BCUT2D eigenvalue weighted by molar-refractivity contribution is 6.13. The quantitative estimate of drug-likeness (QED) is 0.512. The number of fused-ring (bicyclic) bond motifs is 5. The molecule has 0 aliphatic carbocycles. The fourth-order valence-electron chi connectivity index (χ4n) is 2.38. The van der Waals surface area contributed by atoms with Crippen LogP contribution in [0.25, 0.3) is 32.9 Å². The topological polar surface area (TPSA) is 83.8 Å². The van der Waals surface area contributed by atoms with Gasteiger partial charge in [0.1, 0.15) is 5.58 Å². The molecule has 20 heavy (non-hydrogen) atoms. The van der Waals surface area contributed by atoms with Gasteiger partial charge >= 0.3 is 0 Å². The van der Waals surface area contributed by atoms with Gasteiger partial charge in [-0.05, 0) is 18.2 Å². The highest BCUT2D eigenvalue weighted by Crippen LogP contribution is 2.35. The fraction of sp³-hybridized carbons (Fsp3) is 0. The predicted molar refractivity (Wildman–Crippen MR) is 73.1 cm³/mol. The summed E-state index contributed by atoms with van der Waals surface area (Å²) in [6.45, 7) is 0. The molecule has 0 atom stereocenters. The summed E-state index contributed by atoms with van der Waals surface area (Å²) < 4.78 is 10.9. The Morgan fingerprint density at radius 3 is 2.50 bits per heavy atom. The van der Waals surface area contributed by atoms with E-state index in [9.17, 15) is 15.0 Å². The number of rotatable bonds is 0. The molecule has 2 N–H and O–H groups in total. The maximum Gasteiger partial charge on any atom is 0.282 e. The Kier molecular flexibility index (Phi) is 1.93. The first-order valence-electron chi connectivity index (χ1n) is 5.94. The number of furan rings is 1. The lowest BCUT2D eigenvalue weighted by Crippen LogP contribution is -1.95. The van der Waals surface area contributed by atoms with Crippen LogP contribution >= 0.6 is 0 Å². The standard InChI is InChI=1S/C15H8O5/c16-10-5-9-8-3-1-7-2-4-13(18)20-14(7)15(8)19-12(9)6-11(10)17/h1-6,16,18H. The molecule has 2 heterocycles. The van der Waals surface area contributed by atoms with Gasteiger partial charge in [0.2, 0.25) is 5.43 Å². The molecule has 2 aromatic carbocycles. The lowest BCUT2D eigenvalue weighted by atomic mass is 10.1. The van der Waals surface area contributed by atoms with E-state index in [-0.39, 0.29) is 11.7 Å². The molecular weight excluding hydrogens is 260 g/mol. The van der Waals surface area contributed by atoms with E-state index in [0.717, 1.165) is 5.39 Å². The van der Waals surface area contributed by atoms with Gasteiger partial charge in [-0.2, -0.15) is 0 Å². The maximum absolute atomic E-state index is 11.5. The van der Waals surface area contributed by atoms with E-state index < -0.39 is 5.43 Å². The van der Waals surface area contributed by atoms with E-state index >= 15 is 0 Å². The molecule has 0 unspecified atom stereocenters. The molecule has 4 aromatic rings. The van der Waals surface area contributed by atoms with Gasteiger partial charge in [-0.15, -0.1) is 0 Å². The molecule has 5 heteroatoms. The number of hydrogen-bond acceptors (Lipinski definition) is 5. The first kappa shape index (κ1) is 10.9. The lowest BCUT2D eigenvalue weighted by Gasteiger charge is -1.98. The van der Waals surface area contributed by atoms with Crippen LogP contribution < -0.4 is 5.43 Å². The van der Waals surface area contributed by atoms with E-state index in [0.29, 0.717) is 27.5 Å². The molecule has 0 fully saturated rings. The van der Waals surface area contributed by atoms with Crippen molar-refractivity contribution in [1.29, 1.82) is 0 Å². The Morgan fingerprint density at radius 2 is 1.65 bits per heavy atom. The lowest BCUT2D eigenvalue weighted by molar-refractivity contribution is 0.340. The molecule has 2 aromatic heterocycles. The van der Waals surface area contributed by atoms with Crippen molar-refractivity contribution in [3.8, 4) is 11.7 Å². The first-order chi connectivity index (χ1) is 9.63. The minimum Gasteiger partial charge on any atom is -0.504 e. The van der Waals surface area contributed by atoms with E-state index in [4.69, 9.17) is 8.83 Å². The summed E-state index contributed by atoms with van der Waals surface area (Å²) in [5.74, 6) is -0.550. The van der Waals surface area contributed by atoms with E-state index in [2.05, 4.69) is 0 Å². The van der Waals surface area contributed by atoms with Crippen LogP contribution in [0.2, 0.25) is 0 Å². The average molecular weight is 268 g/mol. The van der Waals surface area contributed by atoms with Crippen LogP contribution in [0.3, 0.4) is 0 Å². The molecule has 0 aliphatic heterocycles. The molecule has 5 nitrogen and oxygen atoms in total.